The number of hydrogen-bond acceptors (Lipinski definition) is 5. The molecule has 1 aromatic heterocycles. The Morgan fingerprint density at radius 3 is 2.74 bits per heavy atom. The van der Waals surface area contributed by atoms with Crippen molar-refractivity contribution < 1.29 is 18.3 Å². The predicted molar refractivity (Wildman–Crippen MR) is 95.3 cm³/mol. The Balaban J connectivity index is 1.69. The van der Waals surface area contributed by atoms with Crippen molar-refractivity contribution in [3.8, 4) is 5.75 Å². The lowest BCUT2D eigenvalue weighted by atomic mass is 10.2. The van der Waals surface area contributed by atoms with Crippen LogP contribution in [0.25, 0.3) is 10.9 Å². The van der Waals surface area contributed by atoms with E-state index in [1.807, 2.05) is 0 Å². The summed E-state index contributed by atoms with van der Waals surface area (Å²) in [5, 5.41) is 0.464. The number of carbonyl (C=O) groups excluding carboxylic acids is 1. The van der Waals surface area contributed by atoms with Crippen molar-refractivity contribution in [1.29, 1.82) is 0 Å². The first kappa shape index (κ1) is 18.3. The van der Waals surface area contributed by atoms with Gasteiger partial charge in [0, 0.05) is 12.6 Å². The number of nitrogens with zero attached hydrogens (tertiary/aromatic N) is 2. The van der Waals surface area contributed by atoms with Crippen LogP contribution in [0.2, 0.25) is 0 Å². The minimum atomic E-state index is -0.910. The van der Waals surface area contributed by atoms with E-state index in [0.29, 0.717) is 23.5 Å². The number of anilines is 1. The van der Waals surface area contributed by atoms with Gasteiger partial charge in [-0.15, -0.1) is 0 Å². The summed E-state index contributed by atoms with van der Waals surface area (Å²) in [5.41, 5.74) is 5.14. The molecule has 3 rings (SSSR count). The molecule has 1 amide bonds. The molecule has 0 fully saturated rings. The van der Waals surface area contributed by atoms with Gasteiger partial charge in [0.1, 0.15) is 5.82 Å². The number of carbonyl (C=O) groups is 1. The number of hydrogen-bond donors (Lipinski definition) is 2. The van der Waals surface area contributed by atoms with Crippen molar-refractivity contribution in [2.75, 3.05) is 12.0 Å². The fourth-order valence-electron chi connectivity index (χ4n) is 2.45. The maximum atomic E-state index is 13.5. The molecular formula is C18H16F2N4O3. The van der Waals surface area contributed by atoms with E-state index in [2.05, 4.69) is 15.8 Å². The van der Waals surface area contributed by atoms with Crippen molar-refractivity contribution >= 4 is 22.8 Å². The molecule has 0 bridgehead atoms. The summed E-state index contributed by atoms with van der Waals surface area (Å²) in [5.74, 6) is -2.38. The molecule has 1 heterocycles. The van der Waals surface area contributed by atoms with Gasteiger partial charge in [0.15, 0.2) is 18.2 Å². The van der Waals surface area contributed by atoms with Crippen LogP contribution in [0.5, 0.6) is 5.75 Å². The van der Waals surface area contributed by atoms with Gasteiger partial charge in [0.05, 0.1) is 10.9 Å². The topological polar surface area (TPSA) is 85.2 Å². The van der Waals surface area contributed by atoms with Gasteiger partial charge in [-0.2, -0.15) is 0 Å². The molecule has 2 N–H and O–H groups in total. The summed E-state index contributed by atoms with van der Waals surface area (Å²) in [4.78, 5) is 28.7. The molecule has 3 aromatic rings. The van der Waals surface area contributed by atoms with Gasteiger partial charge in [-0.25, -0.2) is 13.8 Å². The normalized spacial score (nSPS) is 10.6. The number of fused-ring (bicyclic) bond motifs is 1. The number of nitrogens with one attached hydrogen (secondary N) is 2. The molecule has 0 saturated carbocycles. The maximum absolute atomic E-state index is 13.5. The first-order chi connectivity index (χ1) is 13.0. The molecule has 9 heteroatoms. The smallest absolute Gasteiger partial charge is 0.276 e. The largest absolute Gasteiger partial charge is 0.481 e. The molecule has 140 valence electrons. The third-order valence-electron chi connectivity index (χ3n) is 3.74. The van der Waals surface area contributed by atoms with Gasteiger partial charge in [0.2, 0.25) is 5.95 Å². The van der Waals surface area contributed by atoms with E-state index < -0.39 is 24.1 Å². The van der Waals surface area contributed by atoms with E-state index in [-0.39, 0.29) is 17.3 Å². The maximum Gasteiger partial charge on any atom is 0.276 e. The third kappa shape index (κ3) is 4.02. The zero-order chi connectivity index (χ0) is 19.4. The Bertz CT molecular complexity index is 1050. The number of benzene rings is 2. The molecule has 0 atom stereocenters. The van der Waals surface area contributed by atoms with Gasteiger partial charge in [-0.3, -0.25) is 25.0 Å². The lowest BCUT2D eigenvalue weighted by Crippen LogP contribution is -2.37. The first-order valence-corrected chi connectivity index (χ1v) is 8.12. The van der Waals surface area contributed by atoms with Gasteiger partial charge in [-0.05, 0) is 31.2 Å². The molecule has 0 unspecified atom stereocenters. The van der Waals surface area contributed by atoms with Crippen LogP contribution in [0.3, 0.4) is 0 Å². The molecular weight excluding hydrogens is 358 g/mol. The highest BCUT2D eigenvalue weighted by atomic mass is 19.1. The number of aromatic nitrogens is 2. The van der Waals surface area contributed by atoms with Gasteiger partial charge < -0.3 is 4.74 Å². The minimum Gasteiger partial charge on any atom is -0.481 e. The van der Waals surface area contributed by atoms with Crippen LogP contribution in [0.1, 0.15) is 6.92 Å². The van der Waals surface area contributed by atoms with E-state index in [0.717, 1.165) is 12.1 Å². The zero-order valence-corrected chi connectivity index (χ0v) is 14.3. The van der Waals surface area contributed by atoms with Crippen LogP contribution in [-0.4, -0.2) is 22.1 Å². The summed E-state index contributed by atoms with van der Waals surface area (Å²) in [7, 11) is 0. The monoisotopic (exact) mass is 374 g/mol. The molecule has 0 saturated heterocycles. The van der Waals surface area contributed by atoms with Gasteiger partial charge >= 0.3 is 0 Å². The molecule has 0 aliphatic carbocycles. The average molecular weight is 374 g/mol. The molecule has 2 aromatic carbocycles. The predicted octanol–water partition coefficient (Wildman–Crippen LogP) is 2.22. The van der Waals surface area contributed by atoms with Crippen molar-refractivity contribution in [2.45, 2.75) is 13.5 Å². The Morgan fingerprint density at radius 2 is 2.00 bits per heavy atom. The van der Waals surface area contributed by atoms with E-state index in [4.69, 9.17) is 4.74 Å². The standard InChI is InChI=1S/C18H16F2N4O3/c1-2-24-17(26)12-5-3-4-6-14(12)21-18(24)23-22-16(25)10-27-15-8-7-11(19)9-13(15)20/h3-9H,2,10H2,1H3,(H,21,23)(H,22,25). The van der Waals surface area contributed by atoms with E-state index in [1.165, 1.54) is 4.57 Å². The minimum absolute atomic E-state index is 0.155. The van der Waals surface area contributed by atoms with Gasteiger partial charge in [0.25, 0.3) is 11.5 Å². The van der Waals surface area contributed by atoms with Crippen LogP contribution < -0.4 is 21.1 Å². The molecule has 0 spiro atoms. The number of halogens is 2. The highest BCUT2D eigenvalue weighted by Crippen LogP contribution is 2.17. The van der Waals surface area contributed by atoms with E-state index in [9.17, 15) is 18.4 Å². The van der Waals surface area contributed by atoms with Crippen LogP contribution in [0.15, 0.2) is 47.3 Å². The second-order valence-electron chi connectivity index (χ2n) is 5.54. The van der Waals surface area contributed by atoms with Crippen molar-refractivity contribution in [3.05, 3.63) is 64.5 Å². The Morgan fingerprint density at radius 1 is 1.22 bits per heavy atom. The van der Waals surface area contributed by atoms with E-state index >= 15 is 0 Å². The highest BCUT2D eigenvalue weighted by molar-refractivity contribution is 5.80. The lowest BCUT2D eigenvalue weighted by molar-refractivity contribution is -0.122. The number of amides is 1. The summed E-state index contributed by atoms with van der Waals surface area (Å²) in [6.45, 7) is 1.59. The van der Waals surface area contributed by atoms with Crippen LogP contribution >= 0.6 is 0 Å². The Kier molecular flexibility index (Phi) is 5.30. The van der Waals surface area contributed by atoms with Crippen molar-refractivity contribution in [3.63, 3.8) is 0 Å². The fourth-order valence-corrected chi connectivity index (χ4v) is 2.45. The second kappa shape index (κ2) is 7.81. The molecule has 0 aliphatic rings. The molecule has 7 nitrogen and oxygen atoms in total. The number of para-hydroxylation sites is 1. The fraction of sp³-hybridized carbons (Fsp3) is 0.167. The summed E-state index contributed by atoms with van der Waals surface area (Å²) < 4.78 is 32.7. The zero-order valence-electron chi connectivity index (χ0n) is 14.3. The van der Waals surface area contributed by atoms with Gasteiger partial charge in [-0.1, -0.05) is 12.1 Å². The Labute approximate surface area is 152 Å². The summed E-state index contributed by atoms with van der Waals surface area (Å²) >= 11 is 0. The molecule has 27 heavy (non-hydrogen) atoms. The highest BCUT2D eigenvalue weighted by Gasteiger charge is 2.11. The third-order valence-corrected chi connectivity index (χ3v) is 3.74. The quantitative estimate of drug-likeness (QED) is 0.647. The van der Waals surface area contributed by atoms with E-state index in [1.54, 1.807) is 31.2 Å². The molecule has 0 radical (unpaired) electrons. The first-order valence-electron chi connectivity index (χ1n) is 8.12. The Hall–Kier alpha value is -3.49. The second-order valence-corrected chi connectivity index (χ2v) is 5.54. The average Bonchev–Trinajstić information content (AvgIpc) is 2.66. The summed E-state index contributed by atoms with van der Waals surface area (Å²) in [6, 6.07) is 9.61. The number of ether oxygens (including phenoxy) is 1. The SMILES string of the molecule is CCn1c(NNC(=O)COc2ccc(F)cc2F)nc2ccccc2c1=O. The van der Waals surface area contributed by atoms with Crippen LogP contribution in [-0.2, 0) is 11.3 Å². The van der Waals surface area contributed by atoms with Crippen molar-refractivity contribution in [1.82, 2.24) is 15.0 Å². The number of rotatable bonds is 6. The number of hydrazine groups is 1. The molecule has 0 aliphatic heterocycles. The lowest BCUT2D eigenvalue weighted by Gasteiger charge is -2.14. The summed E-state index contributed by atoms with van der Waals surface area (Å²) in [6.07, 6.45) is 0. The van der Waals surface area contributed by atoms with Crippen LogP contribution in [0, 0.1) is 11.6 Å². The van der Waals surface area contributed by atoms with Crippen LogP contribution in [0.4, 0.5) is 14.7 Å². The van der Waals surface area contributed by atoms with Crippen molar-refractivity contribution in [2.24, 2.45) is 0 Å².